The molecule has 0 spiro atoms. The number of benzene rings is 1. The zero-order valence-corrected chi connectivity index (χ0v) is 10.9. The van der Waals surface area contributed by atoms with Crippen LogP contribution in [0.25, 0.3) is 0 Å². The van der Waals surface area contributed by atoms with Crippen LogP contribution in [0.5, 0.6) is 0 Å². The minimum absolute atomic E-state index is 0.509. The van der Waals surface area contributed by atoms with Crippen LogP contribution < -0.4 is 0 Å². The Morgan fingerprint density at radius 2 is 2.12 bits per heavy atom. The van der Waals surface area contributed by atoms with E-state index in [4.69, 9.17) is 16.3 Å². The van der Waals surface area contributed by atoms with E-state index in [9.17, 15) is 0 Å². The van der Waals surface area contributed by atoms with Gasteiger partial charge in [-0.3, -0.25) is 0 Å². The maximum absolute atomic E-state index is 5.75. The molecule has 16 heavy (non-hydrogen) atoms. The summed E-state index contributed by atoms with van der Waals surface area (Å²) in [6, 6.07) is 8.50. The van der Waals surface area contributed by atoms with Crippen LogP contribution in [-0.4, -0.2) is 18.5 Å². The Hall–Kier alpha value is -0.180. The highest BCUT2D eigenvalue weighted by Gasteiger charge is 2.14. The Morgan fingerprint density at radius 3 is 2.75 bits per heavy atom. The Morgan fingerprint density at radius 1 is 1.31 bits per heavy atom. The van der Waals surface area contributed by atoms with Crippen molar-refractivity contribution in [2.75, 3.05) is 12.4 Å². The molecule has 3 heteroatoms. The van der Waals surface area contributed by atoms with Crippen molar-refractivity contribution < 1.29 is 4.74 Å². The van der Waals surface area contributed by atoms with Gasteiger partial charge in [0, 0.05) is 23.1 Å². The van der Waals surface area contributed by atoms with E-state index in [1.54, 1.807) is 0 Å². The maximum Gasteiger partial charge on any atom is 0.0584 e. The minimum Gasteiger partial charge on any atom is -0.378 e. The standard InChI is InChI=1S/C13H17ClOS/c14-10-11-3-5-13(6-4-11)16-9-7-12-2-1-8-15-12/h3-6,12H,1-2,7-10H2. The molecular formula is C13H17ClOS. The van der Waals surface area contributed by atoms with Crippen LogP contribution in [0.2, 0.25) is 0 Å². The lowest BCUT2D eigenvalue weighted by molar-refractivity contribution is 0.109. The molecule has 1 heterocycles. The number of ether oxygens (including phenoxy) is 1. The van der Waals surface area contributed by atoms with E-state index in [1.807, 2.05) is 11.8 Å². The number of hydrogen-bond acceptors (Lipinski definition) is 2. The molecule has 0 bridgehead atoms. The molecule has 1 atom stereocenters. The predicted octanol–water partition coefficient (Wildman–Crippen LogP) is 4.09. The maximum atomic E-state index is 5.75. The minimum atomic E-state index is 0.509. The van der Waals surface area contributed by atoms with E-state index in [0.29, 0.717) is 12.0 Å². The van der Waals surface area contributed by atoms with Gasteiger partial charge in [0.25, 0.3) is 0 Å². The first kappa shape index (κ1) is 12.3. The molecule has 0 aliphatic carbocycles. The summed E-state index contributed by atoms with van der Waals surface area (Å²) in [4.78, 5) is 1.33. The van der Waals surface area contributed by atoms with Gasteiger partial charge in [0.1, 0.15) is 0 Å². The Balaban J connectivity index is 1.71. The summed E-state index contributed by atoms with van der Waals surface area (Å²) >= 11 is 7.65. The summed E-state index contributed by atoms with van der Waals surface area (Å²) in [6.07, 6.45) is 4.16. The smallest absolute Gasteiger partial charge is 0.0584 e. The molecule has 88 valence electrons. The van der Waals surface area contributed by atoms with Gasteiger partial charge in [0.2, 0.25) is 0 Å². The fraction of sp³-hybridized carbons (Fsp3) is 0.538. The largest absolute Gasteiger partial charge is 0.378 e. The second-order valence-electron chi connectivity index (χ2n) is 4.05. The molecule has 1 nitrogen and oxygen atoms in total. The first-order valence-corrected chi connectivity index (χ1v) is 7.30. The molecule has 1 saturated heterocycles. The quantitative estimate of drug-likeness (QED) is 0.580. The first-order chi connectivity index (χ1) is 7.88. The molecule has 1 aromatic carbocycles. The SMILES string of the molecule is ClCc1ccc(SCCC2CCCO2)cc1. The molecule has 0 amide bonds. The number of thioether (sulfide) groups is 1. The van der Waals surface area contributed by atoms with Crippen LogP contribution in [0.4, 0.5) is 0 Å². The second kappa shape index (κ2) is 6.53. The van der Waals surface area contributed by atoms with E-state index >= 15 is 0 Å². The van der Waals surface area contributed by atoms with Crippen LogP contribution in [0.3, 0.4) is 0 Å². The van der Waals surface area contributed by atoms with Gasteiger partial charge in [-0.25, -0.2) is 0 Å². The zero-order valence-electron chi connectivity index (χ0n) is 9.32. The monoisotopic (exact) mass is 256 g/mol. The van der Waals surface area contributed by atoms with Gasteiger partial charge in [-0.1, -0.05) is 12.1 Å². The van der Waals surface area contributed by atoms with Gasteiger partial charge in [-0.2, -0.15) is 0 Å². The van der Waals surface area contributed by atoms with Gasteiger partial charge in [0.15, 0.2) is 0 Å². The van der Waals surface area contributed by atoms with Crippen molar-refractivity contribution in [3.05, 3.63) is 29.8 Å². The van der Waals surface area contributed by atoms with Gasteiger partial charge in [0.05, 0.1) is 6.10 Å². The lowest BCUT2D eigenvalue weighted by Crippen LogP contribution is -2.05. The van der Waals surface area contributed by atoms with E-state index in [0.717, 1.165) is 12.4 Å². The van der Waals surface area contributed by atoms with Crippen LogP contribution in [0.15, 0.2) is 29.2 Å². The molecule has 2 rings (SSSR count). The van der Waals surface area contributed by atoms with Crippen LogP contribution in [0, 0.1) is 0 Å². The predicted molar refractivity (Wildman–Crippen MR) is 70.3 cm³/mol. The molecule has 1 aromatic rings. The third-order valence-corrected chi connectivity index (χ3v) is 4.16. The normalized spacial score (nSPS) is 20.2. The highest BCUT2D eigenvalue weighted by atomic mass is 35.5. The molecule has 0 aromatic heterocycles. The highest BCUT2D eigenvalue weighted by Crippen LogP contribution is 2.23. The number of halogens is 1. The summed E-state index contributed by atoms with van der Waals surface area (Å²) in [5.41, 5.74) is 1.19. The molecule has 1 fully saturated rings. The third kappa shape index (κ3) is 3.69. The fourth-order valence-corrected chi connectivity index (χ4v) is 2.98. The first-order valence-electron chi connectivity index (χ1n) is 5.78. The lowest BCUT2D eigenvalue weighted by Gasteiger charge is -2.08. The van der Waals surface area contributed by atoms with E-state index < -0.39 is 0 Å². The molecular weight excluding hydrogens is 240 g/mol. The summed E-state index contributed by atoms with van der Waals surface area (Å²) in [6.45, 7) is 0.958. The highest BCUT2D eigenvalue weighted by molar-refractivity contribution is 7.99. The summed E-state index contributed by atoms with van der Waals surface area (Å²) in [5, 5.41) is 0. The average Bonchev–Trinajstić information content (AvgIpc) is 2.83. The molecule has 1 unspecified atom stereocenters. The van der Waals surface area contributed by atoms with Gasteiger partial charge < -0.3 is 4.74 Å². The van der Waals surface area contributed by atoms with Crippen molar-refractivity contribution in [1.82, 2.24) is 0 Å². The Kier molecular flexibility index (Phi) is 5.01. The molecule has 0 saturated carbocycles. The number of hydrogen-bond donors (Lipinski definition) is 0. The average molecular weight is 257 g/mol. The van der Waals surface area contributed by atoms with Crippen molar-refractivity contribution in [3.63, 3.8) is 0 Å². The Bertz CT molecular complexity index is 306. The van der Waals surface area contributed by atoms with Crippen LogP contribution in [0.1, 0.15) is 24.8 Å². The van der Waals surface area contributed by atoms with Gasteiger partial charge >= 0.3 is 0 Å². The number of alkyl halides is 1. The summed E-state index contributed by atoms with van der Waals surface area (Å²) in [7, 11) is 0. The van der Waals surface area contributed by atoms with Crippen molar-refractivity contribution in [2.45, 2.75) is 36.1 Å². The van der Waals surface area contributed by atoms with Crippen molar-refractivity contribution in [1.29, 1.82) is 0 Å². The third-order valence-electron chi connectivity index (χ3n) is 2.81. The topological polar surface area (TPSA) is 9.23 Å². The van der Waals surface area contributed by atoms with Crippen molar-refractivity contribution >= 4 is 23.4 Å². The fourth-order valence-electron chi connectivity index (χ4n) is 1.85. The Labute approximate surface area is 107 Å². The molecule has 0 N–H and O–H groups in total. The number of rotatable bonds is 5. The van der Waals surface area contributed by atoms with Gasteiger partial charge in [-0.05, 0) is 37.0 Å². The second-order valence-corrected chi connectivity index (χ2v) is 5.49. The summed E-state index contributed by atoms with van der Waals surface area (Å²) in [5.74, 6) is 1.74. The van der Waals surface area contributed by atoms with E-state index in [2.05, 4.69) is 24.3 Å². The van der Waals surface area contributed by atoms with E-state index in [-0.39, 0.29) is 0 Å². The van der Waals surface area contributed by atoms with E-state index in [1.165, 1.54) is 29.7 Å². The van der Waals surface area contributed by atoms with Crippen molar-refractivity contribution in [3.8, 4) is 0 Å². The molecule has 1 aliphatic rings. The van der Waals surface area contributed by atoms with Crippen LogP contribution in [-0.2, 0) is 10.6 Å². The molecule has 0 radical (unpaired) electrons. The summed E-state index contributed by atoms with van der Waals surface area (Å²) < 4.78 is 5.60. The molecule has 1 aliphatic heterocycles. The lowest BCUT2D eigenvalue weighted by atomic mass is 10.2. The van der Waals surface area contributed by atoms with Crippen LogP contribution >= 0.6 is 23.4 Å². The van der Waals surface area contributed by atoms with Gasteiger partial charge in [-0.15, -0.1) is 23.4 Å². The van der Waals surface area contributed by atoms with Crippen molar-refractivity contribution in [2.24, 2.45) is 0 Å². The zero-order chi connectivity index (χ0) is 11.2.